The van der Waals surface area contributed by atoms with E-state index in [1.807, 2.05) is 0 Å². The molecular formula is C16H17BrN2O6. The van der Waals surface area contributed by atoms with Crippen molar-refractivity contribution in [3.05, 3.63) is 33.4 Å². The van der Waals surface area contributed by atoms with E-state index in [0.717, 1.165) is 0 Å². The van der Waals surface area contributed by atoms with Crippen LogP contribution in [0.3, 0.4) is 0 Å². The average Bonchev–Trinajstić information content (AvgIpc) is 3.00. The van der Waals surface area contributed by atoms with Crippen LogP contribution in [-0.4, -0.2) is 39.1 Å². The van der Waals surface area contributed by atoms with Gasteiger partial charge in [-0.1, -0.05) is 15.9 Å². The molecule has 0 aliphatic carbocycles. The van der Waals surface area contributed by atoms with Crippen LogP contribution in [0, 0.1) is 0 Å². The van der Waals surface area contributed by atoms with Gasteiger partial charge < -0.3 is 29.6 Å². The second-order valence-corrected chi connectivity index (χ2v) is 6.28. The van der Waals surface area contributed by atoms with Crippen molar-refractivity contribution in [3.8, 4) is 11.5 Å². The maximum Gasteiger partial charge on any atom is 0.338 e. The van der Waals surface area contributed by atoms with Crippen molar-refractivity contribution >= 4 is 27.9 Å². The van der Waals surface area contributed by atoms with Crippen LogP contribution < -0.4 is 20.1 Å². The number of hydrogen-bond acceptors (Lipinski definition) is 6. The van der Waals surface area contributed by atoms with Gasteiger partial charge in [0.15, 0.2) is 11.5 Å². The van der Waals surface area contributed by atoms with Gasteiger partial charge in [-0.25, -0.2) is 9.59 Å². The predicted octanol–water partition coefficient (Wildman–Crippen LogP) is 2.00. The third-order valence-corrected chi connectivity index (χ3v) is 4.50. The third kappa shape index (κ3) is 3.57. The van der Waals surface area contributed by atoms with Crippen molar-refractivity contribution in [1.82, 2.24) is 10.6 Å². The molecular weight excluding hydrogens is 396 g/mol. The monoisotopic (exact) mass is 412 g/mol. The van der Waals surface area contributed by atoms with Gasteiger partial charge >= 0.3 is 12.0 Å². The van der Waals surface area contributed by atoms with Gasteiger partial charge in [0.2, 0.25) is 6.79 Å². The first-order valence-electron chi connectivity index (χ1n) is 7.54. The Morgan fingerprint density at radius 3 is 2.76 bits per heavy atom. The number of ether oxygens (including phenoxy) is 4. The smallest absolute Gasteiger partial charge is 0.338 e. The quantitative estimate of drug-likeness (QED) is 0.567. The Kier molecular flexibility index (Phi) is 5.14. The summed E-state index contributed by atoms with van der Waals surface area (Å²) in [4.78, 5) is 24.5. The van der Waals surface area contributed by atoms with Gasteiger partial charge in [-0.2, -0.15) is 0 Å². The summed E-state index contributed by atoms with van der Waals surface area (Å²) in [6.07, 6.45) is 0. The number of nitrogens with one attached hydrogen (secondary N) is 2. The number of amides is 2. The SMILES string of the molecule is COCCOC(=O)C1=C(C)NC(=O)N[C@H]1c1cc2c(cc1Br)OCO2. The fourth-order valence-corrected chi connectivity index (χ4v) is 3.20. The van der Waals surface area contributed by atoms with Gasteiger partial charge in [0.05, 0.1) is 18.2 Å². The molecule has 1 aromatic rings. The topological polar surface area (TPSA) is 95.1 Å². The third-order valence-electron chi connectivity index (χ3n) is 3.81. The number of carbonyl (C=O) groups excluding carboxylic acids is 2. The lowest BCUT2D eigenvalue weighted by molar-refractivity contribution is -0.140. The van der Waals surface area contributed by atoms with E-state index in [1.54, 1.807) is 19.1 Å². The van der Waals surface area contributed by atoms with Gasteiger partial charge in [0.1, 0.15) is 6.61 Å². The van der Waals surface area contributed by atoms with Crippen molar-refractivity contribution in [2.24, 2.45) is 0 Å². The van der Waals surface area contributed by atoms with Gasteiger partial charge in [0, 0.05) is 17.3 Å². The number of hydrogen-bond donors (Lipinski definition) is 2. The number of urea groups is 1. The van der Waals surface area contributed by atoms with Gasteiger partial charge in [-0.15, -0.1) is 0 Å². The minimum Gasteiger partial charge on any atom is -0.460 e. The van der Waals surface area contributed by atoms with E-state index in [9.17, 15) is 9.59 Å². The van der Waals surface area contributed by atoms with Crippen LogP contribution in [0.5, 0.6) is 11.5 Å². The first kappa shape index (κ1) is 17.6. The highest BCUT2D eigenvalue weighted by atomic mass is 79.9. The minimum absolute atomic E-state index is 0.120. The zero-order chi connectivity index (χ0) is 18.0. The Morgan fingerprint density at radius 1 is 1.32 bits per heavy atom. The molecule has 1 atom stereocenters. The van der Waals surface area contributed by atoms with Gasteiger partial charge in [-0.05, 0) is 24.6 Å². The minimum atomic E-state index is -0.687. The van der Waals surface area contributed by atoms with Crippen LogP contribution >= 0.6 is 15.9 Å². The van der Waals surface area contributed by atoms with Gasteiger partial charge in [-0.3, -0.25) is 0 Å². The molecule has 2 aliphatic heterocycles. The largest absolute Gasteiger partial charge is 0.460 e. The molecule has 9 heteroatoms. The molecule has 2 aliphatic rings. The standard InChI is InChI=1S/C16H17BrN2O6/c1-8-13(15(20)23-4-3-22-2)14(19-16(21)18-8)9-5-11-12(6-10(9)17)25-7-24-11/h5-6,14H,3-4,7H2,1-2H3,(H2,18,19,21)/t14-/m0/s1. The van der Waals surface area contributed by atoms with Gasteiger partial charge in [0.25, 0.3) is 0 Å². The second-order valence-electron chi connectivity index (χ2n) is 5.43. The summed E-state index contributed by atoms with van der Waals surface area (Å²) in [5.41, 5.74) is 1.41. The summed E-state index contributed by atoms with van der Waals surface area (Å²) in [5, 5.41) is 5.35. The van der Waals surface area contributed by atoms with Crippen LogP contribution in [0.1, 0.15) is 18.5 Å². The Labute approximate surface area is 152 Å². The number of benzene rings is 1. The highest BCUT2D eigenvalue weighted by molar-refractivity contribution is 9.10. The Morgan fingerprint density at radius 2 is 2.04 bits per heavy atom. The van der Waals surface area contributed by atoms with E-state index >= 15 is 0 Å². The van der Waals surface area contributed by atoms with Crippen molar-refractivity contribution in [1.29, 1.82) is 0 Å². The number of methoxy groups -OCH3 is 1. The van der Waals surface area contributed by atoms with E-state index in [2.05, 4.69) is 26.6 Å². The molecule has 1 aromatic carbocycles. The average molecular weight is 413 g/mol. The Bertz CT molecular complexity index is 748. The van der Waals surface area contributed by atoms with E-state index < -0.39 is 18.0 Å². The maximum atomic E-state index is 12.5. The molecule has 2 amide bonds. The summed E-state index contributed by atoms with van der Waals surface area (Å²) in [5.74, 6) is 0.619. The molecule has 0 bridgehead atoms. The molecule has 2 heterocycles. The fourth-order valence-electron chi connectivity index (χ4n) is 2.65. The normalized spacial score (nSPS) is 18.7. The molecule has 2 N–H and O–H groups in total. The summed E-state index contributed by atoms with van der Waals surface area (Å²) in [7, 11) is 1.52. The predicted molar refractivity (Wildman–Crippen MR) is 90.2 cm³/mol. The Balaban J connectivity index is 1.96. The number of fused-ring (bicyclic) bond motifs is 1. The summed E-state index contributed by atoms with van der Waals surface area (Å²) < 4.78 is 21.5. The maximum absolute atomic E-state index is 12.5. The molecule has 0 unspecified atom stereocenters. The van der Waals surface area contributed by atoms with E-state index in [-0.39, 0.29) is 20.0 Å². The number of allylic oxidation sites excluding steroid dienone is 1. The van der Waals surface area contributed by atoms with Crippen molar-refractivity contribution in [2.75, 3.05) is 27.1 Å². The van der Waals surface area contributed by atoms with Crippen LogP contribution in [0.25, 0.3) is 0 Å². The molecule has 0 radical (unpaired) electrons. The molecule has 0 saturated carbocycles. The lowest BCUT2D eigenvalue weighted by atomic mass is 9.95. The first-order valence-corrected chi connectivity index (χ1v) is 8.34. The number of halogens is 1. The number of rotatable bonds is 5. The van der Waals surface area contributed by atoms with Crippen LogP contribution in [0.2, 0.25) is 0 Å². The van der Waals surface area contributed by atoms with Crippen molar-refractivity contribution < 1.29 is 28.5 Å². The molecule has 0 aromatic heterocycles. The molecule has 0 saturated heterocycles. The summed E-state index contributed by atoms with van der Waals surface area (Å²) in [6.45, 7) is 2.19. The number of carbonyl (C=O) groups is 2. The molecule has 25 heavy (non-hydrogen) atoms. The van der Waals surface area contributed by atoms with Crippen LogP contribution in [0.4, 0.5) is 4.79 Å². The van der Waals surface area contributed by atoms with E-state index in [4.69, 9.17) is 18.9 Å². The van der Waals surface area contributed by atoms with E-state index in [1.165, 1.54) is 7.11 Å². The van der Waals surface area contributed by atoms with Crippen molar-refractivity contribution in [3.63, 3.8) is 0 Å². The summed E-state index contributed by atoms with van der Waals surface area (Å²) >= 11 is 3.46. The number of esters is 1. The molecule has 3 rings (SSSR count). The fraction of sp³-hybridized carbons (Fsp3) is 0.375. The molecule has 0 fully saturated rings. The van der Waals surface area contributed by atoms with Crippen LogP contribution in [0.15, 0.2) is 27.9 Å². The zero-order valence-corrected chi connectivity index (χ0v) is 15.3. The summed E-state index contributed by atoms with van der Waals surface area (Å²) in [6, 6.07) is 2.39. The second kappa shape index (κ2) is 7.32. The highest BCUT2D eigenvalue weighted by Crippen LogP contribution is 2.41. The first-order chi connectivity index (χ1) is 12.0. The molecule has 134 valence electrons. The zero-order valence-electron chi connectivity index (χ0n) is 13.7. The van der Waals surface area contributed by atoms with E-state index in [0.29, 0.717) is 32.8 Å². The molecule has 8 nitrogen and oxygen atoms in total. The molecule has 0 spiro atoms. The lowest BCUT2D eigenvalue weighted by Crippen LogP contribution is -2.45. The lowest BCUT2D eigenvalue weighted by Gasteiger charge is -2.28. The highest BCUT2D eigenvalue weighted by Gasteiger charge is 2.34. The van der Waals surface area contributed by atoms with Crippen LogP contribution in [-0.2, 0) is 14.3 Å². The van der Waals surface area contributed by atoms with Crippen molar-refractivity contribution in [2.45, 2.75) is 13.0 Å². The Hall–Kier alpha value is -2.26.